The molecule has 0 aliphatic carbocycles. The number of rotatable bonds is 11. The van der Waals surface area contributed by atoms with Gasteiger partial charge in [0, 0.05) is 24.2 Å². The number of pyridine rings is 1. The Balaban J connectivity index is 1.68. The number of hydrogen-bond donors (Lipinski definition) is 5. The second kappa shape index (κ2) is 12.5. The van der Waals surface area contributed by atoms with Crippen molar-refractivity contribution in [3.05, 3.63) is 58.7 Å². The number of imide groups is 1. The summed E-state index contributed by atoms with van der Waals surface area (Å²) < 4.78 is 0. The summed E-state index contributed by atoms with van der Waals surface area (Å²) in [5.41, 5.74) is 6.70. The van der Waals surface area contributed by atoms with Crippen molar-refractivity contribution < 1.29 is 19.5 Å². The first-order chi connectivity index (χ1) is 14.8. The number of unbranched alkanes of at least 4 members (excludes halogenated alkanes) is 1. The number of urea groups is 1. The quantitative estimate of drug-likeness (QED) is 0.264. The first kappa shape index (κ1) is 24.1. The molecule has 10 heteroatoms. The maximum absolute atomic E-state index is 11.9. The molecule has 1 atom stereocenters. The van der Waals surface area contributed by atoms with Crippen LogP contribution in [-0.4, -0.2) is 34.5 Å². The fourth-order valence-electron chi connectivity index (χ4n) is 2.75. The predicted molar refractivity (Wildman–Crippen MR) is 118 cm³/mol. The van der Waals surface area contributed by atoms with Crippen molar-refractivity contribution in [1.82, 2.24) is 21.2 Å². The van der Waals surface area contributed by atoms with E-state index in [0.717, 1.165) is 17.8 Å². The molecule has 0 bridgehead atoms. The number of halogens is 1. The first-order valence-corrected chi connectivity index (χ1v) is 10.2. The van der Waals surface area contributed by atoms with Crippen molar-refractivity contribution >= 4 is 35.3 Å². The van der Waals surface area contributed by atoms with Gasteiger partial charge in [0.1, 0.15) is 5.82 Å². The molecule has 0 spiro atoms. The minimum absolute atomic E-state index is 0.187. The topological polar surface area (TPSA) is 132 Å². The largest absolute Gasteiger partial charge is 0.481 e. The van der Waals surface area contributed by atoms with Crippen LogP contribution in [0.1, 0.15) is 42.9 Å². The molecule has 1 aromatic carbocycles. The Morgan fingerprint density at radius 1 is 1.13 bits per heavy atom. The van der Waals surface area contributed by atoms with Gasteiger partial charge in [0.2, 0.25) is 5.91 Å². The van der Waals surface area contributed by atoms with Gasteiger partial charge in [-0.2, -0.15) is 0 Å². The highest BCUT2D eigenvalue weighted by atomic mass is 35.5. The molecule has 0 aliphatic rings. The third-order valence-electron chi connectivity index (χ3n) is 4.32. The molecule has 1 heterocycles. The number of carbonyl (C=O) groups is 3. The summed E-state index contributed by atoms with van der Waals surface area (Å²) in [6, 6.07) is 8.98. The van der Waals surface area contributed by atoms with E-state index in [9.17, 15) is 14.4 Å². The van der Waals surface area contributed by atoms with E-state index >= 15 is 0 Å². The van der Waals surface area contributed by atoms with Crippen LogP contribution in [0.5, 0.6) is 0 Å². The van der Waals surface area contributed by atoms with Gasteiger partial charge in [-0.05, 0) is 55.2 Å². The van der Waals surface area contributed by atoms with E-state index < -0.39 is 23.9 Å². The number of hydrogen-bond acceptors (Lipinski definition) is 6. The second-order valence-electron chi connectivity index (χ2n) is 6.95. The lowest BCUT2D eigenvalue weighted by Gasteiger charge is -2.18. The molecule has 9 nitrogen and oxygen atoms in total. The van der Waals surface area contributed by atoms with E-state index in [4.69, 9.17) is 16.7 Å². The van der Waals surface area contributed by atoms with Gasteiger partial charge >= 0.3 is 12.0 Å². The Hall–Kier alpha value is -3.17. The first-order valence-electron chi connectivity index (χ1n) is 9.82. The fourth-order valence-corrected chi connectivity index (χ4v) is 2.88. The van der Waals surface area contributed by atoms with E-state index in [-0.39, 0.29) is 12.8 Å². The van der Waals surface area contributed by atoms with Crippen LogP contribution in [0.4, 0.5) is 10.6 Å². The van der Waals surface area contributed by atoms with E-state index in [1.165, 1.54) is 0 Å². The predicted octanol–water partition coefficient (Wildman–Crippen LogP) is 3.17. The molecule has 2 aromatic rings. The number of aliphatic carboxylic acids is 1. The molecule has 3 amide bonds. The van der Waals surface area contributed by atoms with Crippen LogP contribution in [0.3, 0.4) is 0 Å². The molecule has 2 rings (SSSR count). The summed E-state index contributed by atoms with van der Waals surface area (Å²) in [6.45, 7) is 2.64. The van der Waals surface area contributed by atoms with Gasteiger partial charge < -0.3 is 10.4 Å². The number of carbonyl (C=O) groups excluding carboxylic acids is 2. The van der Waals surface area contributed by atoms with Crippen LogP contribution in [0.2, 0.25) is 5.02 Å². The Kier molecular flexibility index (Phi) is 9.73. The molecule has 0 saturated carbocycles. The fraction of sp³-hybridized carbons (Fsp3) is 0.333. The molecule has 1 unspecified atom stereocenters. The molecule has 31 heavy (non-hydrogen) atoms. The zero-order valence-corrected chi connectivity index (χ0v) is 17.9. The summed E-state index contributed by atoms with van der Waals surface area (Å²) in [6.07, 6.45) is 2.98. The molecule has 0 fully saturated rings. The highest BCUT2D eigenvalue weighted by molar-refractivity contribution is 6.30. The van der Waals surface area contributed by atoms with Crippen LogP contribution in [0.15, 0.2) is 42.6 Å². The van der Waals surface area contributed by atoms with Crippen LogP contribution < -0.4 is 21.5 Å². The summed E-state index contributed by atoms with van der Waals surface area (Å²) in [7, 11) is 0. The molecule has 5 N–H and O–H groups in total. The minimum atomic E-state index is -1.04. The van der Waals surface area contributed by atoms with Crippen molar-refractivity contribution in [2.45, 2.75) is 38.6 Å². The molecule has 166 valence electrons. The van der Waals surface area contributed by atoms with Crippen molar-refractivity contribution in [1.29, 1.82) is 0 Å². The van der Waals surface area contributed by atoms with Crippen LogP contribution in [0.25, 0.3) is 0 Å². The number of aryl methyl sites for hydroxylation is 1. The van der Waals surface area contributed by atoms with Crippen molar-refractivity contribution in [2.75, 3.05) is 11.9 Å². The van der Waals surface area contributed by atoms with Crippen LogP contribution in [-0.2, 0) is 9.59 Å². The Labute approximate surface area is 185 Å². The molecular weight excluding hydrogens is 422 g/mol. The third kappa shape index (κ3) is 9.45. The Bertz CT molecular complexity index is 892. The van der Waals surface area contributed by atoms with Gasteiger partial charge in [-0.15, -0.1) is 0 Å². The number of anilines is 1. The minimum Gasteiger partial charge on any atom is -0.481 e. The lowest BCUT2D eigenvalue weighted by Crippen LogP contribution is -2.47. The monoisotopic (exact) mass is 447 g/mol. The number of amides is 3. The normalized spacial score (nSPS) is 11.4. The van der Waals surface area contributed by atoms with Crippen molar-refractivity contribution in [2.24, 2.45) is 0 Å². The number of carboxylic acids is 1. The van der Waals surface area contributed by atoms with Crippen LogP contribution in [0, 0.1) is 6.92 Å². The standard InChI is InChI=1S/C21H26ClN5O4/c1-14-9-11-24-18(12-14)23-10-3-2-4-19(28)25-21(31)27-26-17(13-20(29)30)15-5-7-16(22)8-6-15/h5-9,11-12,17,26H,2-4,10,13H2,1H3,(H,23,24)(H,29,30)(H2,25,27,28,31). The molecule has 0 radical (unpaired) electrons. The van der Waals surface area contributed by atoms with Gasteiger partial charge in [-0.25, -0.2) is 15.2 Å². The molecule has 0 aliphatic heterocycles. The summed E-state index contributed by atoms with van der Waals surface area (Å²) in [5.74, 6) is -0.680. The maximum Gasteiger partial charge on any atom is 0.335 e. The summed E-state index contributed by atoms with van der Waals surface area (Å²) >= 11 is 5.84. The van der Waals surface area contributed by atoms with Crippen molar-refractivity contribution in [3.8, 4) is 0 Å². The lowest BCUT2D eigenvalue weighted by atomic mass is 10.0. The number of carboxylic acid groups (broad SMARTS) is 1. The van der Waals surface area contributed by atoms with Crippen LogP contribution >= 0.6 is 11.6 Å². The number of nitrogens with zero attached hydrogens (tertiary/aromatic N) is 1. The summed E-state index contributed by atoms with van der Waals surface area (Å²) in [4.78, 5) is 39.2. The average Bonchev–Trinajstić information content (AvgIpc) is 2.71. The van der Waals surface area contributed by atoms with Gasteiger partial charge in [0.25, 0.3) is 0 Å². The maximum atomic E-state index is 11.9. The van der Waals surface area contributed by atoms with Gasteiger partial charge in [-0.3, -0.25) is 20.3 Å². The third-order valence-corrected chi connectivity index (χ3v) is 4.57. The average molecular weight is 448 g/mol. The summed E-state index contributed by atoms with van der Waals surface area (Å²) in [5, 5.41) is 15.0. The second-order valence-corrected chi connectivity index (χ2v) is 7.39. The number of nitrogens with one attached hydrogen (secondary N) is 4. The molecular formula is C21H26ClN5O4. The Morgan fingerprint density at radius 3 is 2.55 bits per heavy atom. The number of hydrazine groups is 1. The Morgan fingerprint density at radius 2 is 1.87 bits per heavy atom. The van der Waals surface area contributed by atoms with E-state index in [2.05, 4.69) is 26.5 Å². The highest BCUT2D eigenvalue weighted by Crippen LogP contribution is 2.18. The van der Waals surface area contributed by atoms with Gasteiger partial charge in [-0.1, -0.05) is 23.7 Å². The van der Waals surface area contributed by atoms with Crippen molar-refractivity contribution in [3.63, 3.8) is 0 Å². The zero-order chi connectivity index (χ0) is 22.6. The van der Waals surface area contributed by atoms with Gasteiger partial charge in [0.15, 0.2) is 0 Å². The van der Waals surface area contributed by atoms with E-state index in [1.54, 1.807) is 30.5 Å². The highest BCUT2D eigenvalue weighted by Gasteiger charge is 2.17. The molecule has 1 aromatic heterocycles. The van der Waals surface area contributed by atoms with E-state index in [0.29, 0.717) is 23.6 Å². The smallest absolute Gasteiger partial charge is 0.335 e. The molecule has 0 saturated heterocycles. The lowest BCUT2D eigenvalue weighted by molar-refractivity contribution is -0.137. The zero-order valence-electron chi connectivity index (χ0n) is 17.2. The van der Waals surface area contributed by atoms with Gasteiger partial charge in [0.05, 0.1) is 12.5 Å². The number of aromatic nitrogens is 1. The van der Waals surface area contributed by atoms with E-state index in [1.807, 2.05) is 19.1 Å². The SMILES string of the molecule is Cc1ccnc(NCCCCC(=O)NC(=O)NNC(CC(=O)O)c2ccc(Cl)cc2)c1. The number of benzene rings is 1.